The molecule has 0 aliphatic heterocycles. The van der Waals surface area contributed by atoms with Gasteiger partial charge in [-0.05, 0) is 12.8 Å². The van der Waals surface area contributed by atoms with E-state index in [0.29, 0.717) is 6.54 Å². The first-order valence-electron chi connectivity index (χ1n) is 5.37. The van der Waals surface area contributed by atoms with Gasteiger partial charge in [0.2, 0.25) is 0 Å². The van der Waals surface area contributed by atoms with Crippen LogP contribution in [0, 0.1) is 0 Å². The Hall–Kier alpha value is -2.04. The fourth-order valence-corrected chi connectivity index (χ4v) is 1.63. The predicted octanol–water partition coefficient (Wildman–Crippen LogP) is 1.77. The molecule has 1 amide bonds. The molecule has 90 valence electrons. The van der Waals surface area contributed by atoms with Gasteiger partial charge >= 0.3 is 5.97 Å². The van der Waals surface area contributed by atoms with E-state index in [1.165, 1.54) is 6.07 Å². The maximum absolute atomic E-state index is 12.0. The topological polar surface area (TPSA) is 70.8 Å². The number of rotatable bonds is 5. The zero-order valence-electron chi connectivity index (χ0n) is 9.26. The lowest BCUT2D eigenvalue weighted by Gasteiger charge is -2.18. The van der Waals surface area contributed by atoms with Crippen molar-refractivity contribution in [3.8, 4) is 0 Å². The van der Waals surface area contributed by atoms with Crippen molar-refractivity contribution in [1.29, 1.82) is 0 Å². The molecule has 0 radical (unpaired) electrons. The number of nitrogens with zero attached hydrogens (tertiary/aromatic N) is 1. The summed E-state index contributed by atoms with van der Waals surface area (Å²) in [5.41, 5.74) is -0.0114. The SMILES string of the molecule is C=CCN(C(=O)c1cc(C(=O)O)co1)C1CC1. The average Bonchev–Trinajstić information content (AvgIpc) is 3.00. The number of carbonyl (C=O) groups is 2. The molecule has 1 fully saturated rings. The molecule has 1 aromatic heterocycles. The first kappa shape index (κ1) is 11.4. The fraction of sp³-hybridized carbons (Fsp3) is 0.333. The molecule has 0 saturated heterocycles. The molecule has 1 aromatic rings. The molecular weight excluding hydrogens is 222 g/mol. The number of carbonyl (C=O) groups excluding carboxylic acids is 1. The molecule has 0 bridgehead atoms. The van der Waals surface area contributed by atoms with Gasteiger partial charge in [-0.15, -0.1) is 6.58 Å². The zero-order valence-corrected chi connectivity index (χ0v) is 9.26. The minimum absolute atomic E-state index is 0.0114. The minimum Gasteiger partial charge on any atom is -0.478 e. The van der Waals surface area contributed by atoms with Gasteiger partial charge < -0.3 is 14.4 Å². The fourth-order valence-electron chi connectivity index (χ4n) is 1.63. The third-order valence-corrected chi connectivity index (χ3v) is 2.63. The number of aromatic carboxylic acids is 1. The van der Waals surface area contributed by atoms with Gasteiger partial charge in [-0.1, -0.05) is 6.08 Å². The molecule has 0 unspecified atom stereocenters. The van der Waals surface area contributed by atoms with E-state index in [9.17, 15) is 9.59 Å². The Kier molecular flexibility index (Phi) is 2.99. The predicted molar refractivity (Wildman–Crippen MR) is 59.9 cm³/mol. The van der Waals surface area contributed by atoms with Crippen LogP contribution in [-0.4, -0.2) is 34.5 Å². The Morgan fingerprint density at radius 2 is 2.29 bits per heavy atom. The largest absolute Gasteiger partial charge is 0.478 e. The highest BCUT2D eigenvalue weighted by molar-refractivity contribution is 5.95. The quantitative estimate of drug-likeness (QED) is 0.789. The van der Waals surface area contributed by atoms with E-state index >= 15 is 0 Å². The van der Waals surface area contributed by atoms with Gasteiger partial charge in [-0.2, -0.15) is 0 Å². The van der Waals surface area contributed by atoms with E-state index < -0.39 is 5.97 Å². The Balaban J connectivity index is 2.16. The van der Waals surface area contributed by atoms with Crippen molar-refractivity contribution in [3.05, 3.63) is 36.3 Å². The normalized spacial score (nSPS) is 14.4. The summed E-state index contributed by atoms with van der Waals surface area (Å²) in [7, 11) is 0. The van der Waals surface area contributed by atoms with E-state index in [4.69, 9.17) is 9.52 Å². The monoisotopic (exact) mass is 235 g/mol. The number of carboxylic acid groups (broad SMARTS) is 1. The molecular formula is C12H13NO4. The smallest absolute Gasteiger partial charge is 0.338 e. The molecule has 0 spiro atoms. The van der Waals surface area contributed by atoms with E-state index in [1.54, 1.807) is 11.0 Å². The molecule has 0 aromatic carbocycles. The second-order valence-electron chi connectivity index (χ2n) is 3.98. The summed E-state index contributed by atoms with van der Waals surface area (Å²) in [4.78, 5) is 24.4. The number of amides is 1. The van der Waals surface area contributed by atoms with Gasteiger partial charge in [0, 0.05) is 18.7 Å². The molecule has 1 aliphatic rings. The van der Waals surface area contributed by atoms with Crippen LogP contribution in [0.3, 0.4) is 0 Å². The summed E-state index contributed by atoms with van der Waals surface area (Å²) in [5, 5.41) is 8.74. The van der Waals surface area contributed by atoms with Crippen LogP contribution in [0.25, 0.3) is 0 Å². The molecule has 17 heavy (non-hydrogen) atoms. The second kappa shape index (κ2) is 4.45. The summed E-state index contributed by atoms with van der Waals surface area (Å²) in [6, 6.07) is 1.49. The summed E-state index contributed by atoms with van der Waals surface area (Å²) in [6.07, 6.45) is 4.68. The third-order valence-electron chi connectivity index (χ3n) is 2.63. The maximum Gasteiger partial charge on any atom is 0.338 e. The van der Waals surface area contributed by atoms with Crippen LogP contribution in [-0.2, 0) is 0 Å². The van der Waals surface area contributed by atoms with Crippen molar-refractivity contribution in [2.75, 3.05) is 6.54 Å². The molecule has 1 saturated carbocycles. The second-order valence-corrected chi connectivity index (χ2v) is 3.98. The first-order chi connectivity index (χ1) is 8.13. The Labute approximate surface area is 98.3 Å². The standard InChI is InChI=1S/C12H13NO4/c1-2-5-13(9-3-4-9)11(14)10-6-8(7-17-10)12(15)16/h2,6-7,9H,1,3-5H2,(H,15,16). The summed E-state index contributed by atoms with van der Waals surface area (Å²) >= 11 is 0. The lowest BCUT2D eigenvalue weighted by atomic mass is 10.3. The molecule has 1 N–H and O–H groups in total. The highest BCUT2D eigenvalue weighted by Crippen LogP contribution is 2.28. The van der Waals surface area contributed by atoms with Crippen molar-refractivity contribution < 1.29 is 19.1 Å². The third kappa shape index (κ3) is 2.38. The summed E-state index contributed by atoms with van der Waals surface area (Å²) in [5.74, 6) is -1.31. The molecule has 5 nitrogen and oxygen atoms in total. The van der Waals surface area contributed by atoms with Gasteiger partial charge in [-0.3, -0.25) is 4.79 Å². The van der Waals surface area contributed by atoms with Crippen LogP contribution in [0.15, 0.2) is 29.4 Å². The number of hydrogen-bond donors (Lipinski definition) is 1. The van der Waals surface area contributed by atoms with Gasteiger partial charge in [0.1, 0.15) is 6.26 Å². The van der Waals surface area contributed by atoms with Gasteiger partial charge in [-0.25, -0.2) is 4.79 Å². The van der Waals surface area contributed by atoms with Crippen molar-refractivity contribution in [2.24, 2.45) is 0 Å². The van der Waals surface area contributed by atoms with Crippen LogP contribution in [0.4, 0.5) is 0 Å². The lowest BCUT2D eigenvalue weighted by molar-refractivity contribution is 0.0694. The number of furan rings is 1. The highest BCUT2D eigenvalue weighted by atomic mass is 16.4. The van der Waals surface area contributed by atoms with Gasteiger partial charge in [0.15, 0.2) is 5.76 Å². The molecule has 1 aliphatic carbocycles. The van der Waals surface area contributed by atoms with Gasteiger partial charge in [0.05, 0.1) is 5.56 Å². The Bertz CT molecular complexity index is 459. The molecule has 0 atom stereocenters. The van der Waals surface area contributed by atoms with Gasteiger partial charge in [0.25, 0.3) is 5.91 Å². The van der Waals surface area contributed by atoms with Crippen molar-refractivity contribution in [3.63, 3.8) is 0 Å². The number of hydrogen-bond acceptors (Lipinski definition) is 3. The van der Waals surface area contributed by atoms with Crippen molar-refractivity contribution in [2.45, 2.75) is 18.9 Å². The molecule has 1 heterocycles. The van der Waals surface area contributed by atoms with E-state index in [0.717, 1.165) is 19.1 Å². The minimum atomic E-state index is -1.10. The lowest BCUT2D eigenvalue weighted by Crippen LogP contribution is -2.32. The van der Waals surface area contributed by atoms with Crippen LogP contribution >= 0.6 is 0 Å². The van der Waals surface area contributed by atoms with Crippen LogP contribution in [0.2, 0.25) is 0 Å². The summed E-state index contributed by atoms with van der Waals surface area (Å²) < 4.78 is 4.99. The van der Waals surface area contributed by atoms with Crippen LogP contribution in [0.1, 0.15) is 33.8 Å². The molecule has 5 heteroatoms. The highest BCUT2D eigenvalue weighted by Gasteiger charge is 2.33. The van der Waals surface area contributed by atoms with Crippen molar-refractivity contribution >= 4 is 11.9 Å². The average molecular weight is 235 g/mol. The molecule has 2 rings (SSSR count). The van der Waals surface area contributed by atoms with E-state index in [-0.39, 0.29) is 23.3 Å². The van der Waals surface area contributed by atoms with E-state index in [1.807, 2.05) is 0 Å². The zero-order chi connectivity index (χ0) is 12.4. The number of carboxylic acids is 1. The van der Waals surface area contributed by atoms with Crippen LogP contribution in [0.5, 0.6) is 0 Å². The van der Waals surface area contributed by atoms with E-state index in [2.05, 4.69) is 6.58 Å². The Morgan fingerprint density at radius 1 is 1.59 bits per heavy atom. The van der Waals surface area contributed by atoms with Crippen molar-refractivity contribution in [1.82, 2.24) is 4.90 Å². The van der Waals surface area contributed by atoms with Crippen LogP contribution < -0.4 is 0 Å². The summed E-state index contributed by atoms with van der Waals surface area (Å²) in [6.45, 7) is 4.05. The Morgan fingerprint density at radius 3 is 2.76 bits per heavy atom. The first-order valence-corrected chi connectivity index (χ1v) is 5.37. The maximum atomic E-state index is 12.0.